The molecule has 0 saturated heterocycles. The number of hydrogen-bond donors (Lipinski definition) is 1. The van der Waals surface area contributed by atoms with E-state index in [2.05, 4.69) is 28.9 Å². The van der Waals surface area contributed by atoms with Crippen LogP contribution in [0.25, 0.3) is 11.3 Å². The lowest BCUT2D eigenvalue weighted by Gasteiger charge is -2.20. The van der Waals surface area contributed by atoms with Gasteiger partial charge in [0.2, 0.25) is 0 Å². The number of benzene rings is 2. The fourth-order valence-electron chi connectivity index (χ4n) is 3.46. The van der Waals surface area contributed by atoms with E-state index < -0.39 is 9.84 Å². The minimum atomic E-state index is -3.30. The molecular weight excluding hydrogens is 412 g/mol. The van der Waals surface area contributed by atoms with Crippen LogP contribution in [0.3, 0.4) is 0 Å². The van der Waals surface area contributed by atoms with Crippen LogP contribution >= 0.6 is 0 Å². The van der Waals surface area contributed by atoms with Crippen molar-refractivity contribution in [1.29, 1.82) is 0 Å². The molecule has 0 amide bonds. The van der Waals surface area contributed by atoms with Crippen molar-refractivity contribution in [2.75, 3.05) is 26.5 Å². The van der Waals surface area contributed by atoms with Crippen molar-refractivity contribution in [3.8, 4) is 22.8 Å². The summed E-state index contributed by atoms with van der Waals surface area (Å²) in [5.74, 6) is 1.54. The fraction of sp³-hybridized carbons (Fsp3) is 0.333. The summed E-state index contributed by atoms with van der Waals surface area (Å²) in [4.78, 5) is 6.06. The van der Waals surface area contributed by atoms with Crippen molar-refractivity contribution in [3.63, 3.8) is 0 Å². The Labute approximate surface area is 184 Å². The summed E-state index contributed by atoms with van der Waals surface area (Å²) in [6.45, 7) is 6.25. The predicted octanol–water partition coefficient (Wildman–Crippen LogP) is 4.51. The molecule has 1 aromatic heterocycles. The first-order valence-electron chi connectivity index (χ1n) is 10.3. The highest BCUT2D eigenvalue weighted by Gasteiger charge is 2.17. The lowest BCUT2D eigenvalue weighted by Crippen LogP contribution is -2.22. The topological polar surface area (TPSA) is 71.6 Å². The Morgan fingerprint density at radius 3 is 2.26 bits per heavy atom. The van der Waals surface area contributed by atoms with E-state index in [1.165, 1.54) is 5.56 Å². The van der Waals surface area contributed by atoms with E-state index >= 15 is 0 Å². The molecule has 2 aromatic carbocycles. The smallest absolute Gasteiger partial charge is 0.178 e. The lowest BCUT2D eigenvalue weighted by molar-refractivity contribution is 0.268. The van der Waals surface area contributed by atoms with Gasteiger partial charge in [0.1, 0.15) is 11.5 Å². The van der Waals surface area contributed by atoms with Gasteiger partial charge in [0.25, 0.3) is 0 Å². The summed E-state index contributed by atoms with van der Waals surface area (Å²) in [6, 6.07) is 17.1. The van der Waals surface area contributed by atoms with Gasteiger partial charge in [0.05, 0.1) is 24.9 Å². The standard InChI is InChI=1S/C24H30N2O4S/c1-5-26(16-18-7-10-20(29-3)11-8-18)17-19-9-13-23(25-19)22-15-21(31(27,28)6-2)12-14-24(22)30-4/h7-15,25H,5-6,16-17H2,1-4H3. The Bertz CT molecular complexity index is 1100. The van der Waals surface area contributed by atoms with Crippen LogP contribution in [0.2, 0.25) is 0 Å². The van der Waals surface area contributed by atoms with Crippen LogP contribution < -0.4 is 9.47 Å². The number of nitrogens with one attached hydrogen (secondary N) is 1. The number of H-pyrrole nitrogens is 1. The molecule has 0 aliphatic carbocycles. The molecule has 0 bridgehead atoms. The molecule has 166 valence electrons. The van der Waals surface area contributed by atoms with E-state index in [4.69, 9.17) is 9.47 Å². The number of aromatic amines is 1. The molecular formula is C24H30N2O4S. The number of nitrogens with zero attached hydrogens (tertiary/aromatic N) is 1. The second-order valence-electron chi connectivity index (χ2n) is 7.31. The van der Waals surface area contributed by atoms with Crippen LogP contribution in [-0.2, 0) is 22.9 Å². The Hall–Kier alpha value is -2.77. The summed E-state index contributed by atoms with van der Waals surface area (Å²) in [6.07, 6.45) is 0. The van der Waals surface area contributed by atoms with Crippen LogP contribution in [0, 0.1) is 0 Å². The van der Waals surface area contributed by atoms with Gasteiger partial charge < -0.3 is 14.5 Å². The third-order valence-corrected chi connectivity index (χ3v) is 7.09. The third kappa shape index (κ3) is 5.48. The normalized spacial score (nSPS) is 11.6. The van der Waals surface area contributed by atoms with Gasteiger partial charge in [-0.2, -0.15) is 0 Å². The van der Waals surface area contributed by atoms with Gasteiger partial charge in [-0.05, 0) is 54.6 Å². The zero-order valence-corrected chi connectivity index (χ0v) is 19.3. The largest absolute Gasteiger partial charge is 0.497 e. The molecule has 3 rings (SSSR count). The summed E-state index contributed by atoms with van der Waals surface area (Å²) in [5, 5.41) is 0. The molecule has 0 saturated carbocycles. The van der Waals surface area contributed by atoms with Crippen molar-refractivity contribution in [3.05, 3.63) is 65.9 Å². The Kier molecular flexibility index (Phi) is 7.41. The van der Waals surface area contributed by atoms with Gasteiger partial charge >= 0.3 is 0 Å². The highest BCUT2D eigenvalue weighted by atomic mass is 32.2. The molecule has 0 atom stereocenters. The zero-order valence-electron chi connectivity index (χ0n) is 18.5. The maximum Gasteiger partial charge on any atom is 0.178 e. The lowest BCUT2D eigenvalue weighted by atomic mass is 10.1. The molecule has 31 heavy (non-hydrogen) atoms. The van der Waals surface area contributed by atoms with E-state index in [1.807, 2.05) is 24.3 Å². The molecule has 0 radical (unpaired) electrons. The number of sulfone groups is 1. The Morgan fingerprint density at radius 1 is 0.903 bits per heavy atom. The van der Waals surface area contributed by atoms with Crippen LogP contribution in [0.4, 0.5) is 0 Å². The van der Waals surface area contributed by atoms with E-state index in [0.29, 0.717) is 10.6 Å². The molecule has 3 aromatic rings. The molecule has 7 heteroatoms. The Balaban J connectivity index is 1.80. The maximum atomic E-state index is 12.3. The van der Waals surface area contributed by atoms with E-state index in [0.717, 1.165) is 42.3 Å². The van der Waals surface area contributed by atoms with Crippen molar-refractivity contribution >= 4 is 9.84 Å². The molecule has 0 fully saturated rings. The first-order valence-corrected chi connectivity index (χ1v) is 12.0. The first kappa shape index (κ1) is 22.9. The second kappa shape index (κ2) is 10.0. The predicted molar refractivity (Wildman–Crippen MR) is 123 cm³/mol. The van der Waals surface area contributed by atoms with E-state index in [9.17, 15) is 8.42 Å². The van der Waals surface area contributed by atoms with Crippen LogP contribution in [0.1, 0.15) is 25.1 Å². The molecule has 6 nitrogen and oxygen atoms in total. The summed E-state index contributed by atoms with van der Waals surface area (Å²) >= 11 is 0. The quantitative estimate of drug-likeness (QED) is 0.500. The monoisotopic (exact) mass is 442 g/mol. The average Bonchev–Trinajstić information content (AvgIpc) is 3.26. The van der Waals surface area contributed by atoms with Crippen molar-refractivity contribution in [1.82, 2.24) is 9.88 Å². The minimum absolute atomic E-state index is 0.0611. The number of hydrogen-bond acceptors (Lipinski definition) is 5. The Morgan fingerprint density at radius 2 is 1.65 bits per heavy atom. The van der Waals surface area contributed by atoms with E-state index in [1.54, 1.807) is 39.3 Å². The van der Waals surface area contributed by atoms with Gasteiger partial charge in [0.15, 0.2) is 9.84 Å². The highest BCUT2D eigenvalue weighted by molar-refractivity contribution is 7.91. The minimum Gasteiger partial charge on any atom is -0.497 e. The fourth-order valence-corrected chi connectivity index (χ4v) is 4.36. The maximum absolute atomic E-state index is 12.3. The van der Waals surface area contributed by atoms with Gasteiger partial charge in [-0.25, -0.2) is 8.42 Å². The van der Waals surface area contributed by atoms with Crippen LogP contribution in [0.15, 0.2) is 59.5 Å². The van der Waals surface area contributed by atoms with Crippen LogP contribution in [-0.4, -0.2) is 44.8 Å². The van der Waals surface area contributed by atoms with E-state index in [-0.39, 0.29) is 5.75 Å². The van der Waals surface area contributed by atoms with Crippen molar-refractivity contribution in [2.24, 2.45) is 0 Å². The van der Waals surface area contributed by atoms with Gasteiger partial charge in [-0.1, -0.05) is 26.0 Å². The SMILES string of the molecule is CCN(Cc1ccc(OC)cc1)Cc1ccc(-c2cc(S(=O)(=O)CC)ccc2OC)[nH]1. The first-order chi connectivity index (χ1) is 14.9. The number of rotatable bonds is 10. The third-order valence-electron chi connectivity index (χ3n) is 5.35. The van der Waals surface area contributed by atoms with Crippen molar-refractivity contribution in [2.45, 2.75) is 31.8 Å². The molecule has 0 aliphatic rings. The van der Waals surface area contributed by atoms with Gasteiger partial charge in [-0.15, -0.1) is 0 Å². The molecule has 0 spiro atoms. The molecule has 1 heterocycles. The van der Waals surface area contributed by atoms with Crippen LogP contribution in [0.5, 0.6) is 11.5 Å². The zero-order chi connectivity index (χ0) is 22.4. The second-order valence-corrected chi connectivity index (χ2v) is 9.59. The number of ether oxygens (including phenoxy) is 2. The van der Waals surface area contributed by atoms with Crippen molar-refractivity contribution < 1.29 is 17.9 Å². The number of aromatic nitrogens is 1. The summed E-state index contributed by atoms with van der Waals surface area (Å²) < 4.78 is 35.3. The summed E-state index contributed by atoms with van der Waals surface area (Å²) in [7, 11) is -0.0432. The highest BCUT2D eigenvalue weighted by Crippen LogP contribution is 2.32. The van der Waals surface area contributed by atoms with Gasteiger partial charge in [0, 0.05) is 30.0 Å². The number of methoxy groups -OCH3 is 2. The summed E-state index contributed by atoms with van der Waals surface area (Å²) in [5.41, 5.74) is 3.84. The molecule has 1 N–H and O–H groups in total. The van der Waals surface area contributed by atoms with Gasteiger partial charge in [-0.3, -0.25) is 4.90 Å². The molecule has 0 unspecified atom stereocenters. The molecule has 0 aliphatic heterocycles. The average molecular weight is 443 g/mol.